The first kappa shape index (κ1) is 48.6. The van der Waals surface area contributed by atoms with E-state index in [0.29, 0.717) is 13.0 Å². The second-order valence-corrected chi connectivity index (χ2v) is 12.0. The van der Waals surface area contributed by atoms with E-state index in [1.165, 1.54) is 37.0 Å². The number of fused-ring (bicyclic) bond motifs is 1. The van der Waals surface area contributed by atoms with Gasteiger partial charge in [0.2, 0.25) is 5.91 Å². The van der Waals surface area contributed by atoms with Gasteiger partial charge in [-0.2, -0.15) is 0 Å². The zero-order valence-corrected chi connectivity index (χ0v) is 34.4. The fraction of sp³-hybridized carbons (Fsp3) is 0.523. The third kappa shape index (κ3) is 19.9. The molecule has 0 saturated carbocycles. The molecule has 8 nitrogen and oxygen atoms in total. The van der Waals surface area contributed by atoms with Crippen LogP contribution in [0.15, 0.2) is 73.0 Å². The van der Waals surface area contributed by atoms with Gasteiger partial charge >= 0.3 is 6.03 Å². The molecule has 296 valence electrons. The molecular formula is C44H70FN5O3. The normalized spacial score (nSPS) is 12.2. The van der Waals surface area contributed by atoms with Gasteiger partial charge in [-0.3, -0.25) is 4.79 Å². The Hall–Kier alpha value is -4.40. The SMILES string of the molecule is C=C(O)CCN1CCN(CCCc2ccc3c(n2)NCCC3)C1=O.CC.CC.CC.CC(=O)Nc1ccc(CCCc2ccccc2F)cc1.CCC. The number of halogens is 1. The van der Waals surface area contributed by atoms with E-state index in [9.17, 15) is 14.0 Å². The molecule has 0 unspecified atom stereocenters. The number of aliphatic hydroxyl groups excluding tert-OH is 1. The van der Waals surface area contributed by atoms with Crippen molar-refractivity contribution in [3.8, 4) is 0 Å². The quantitative estimate of drug-likeness (QED) is 0.161. The Labute approximate surface area is 321 Å². The molecule has 53 heavy (non-hydrogen) atoms. The molecule has 0 radical (unpaired) electrons. The number of rotatable bonds is 12. The van der Waals surface area contributed by atoms with E-state index in [0.717, 1.165) is 87.5 Å². The Bertz CT molecular complexity index is 1430. The van der Waals surface area contributed by atoms with Crippen LogP contribution in [0.1, 0.15) is 117 Å². The number of hydrogen-bond donors (Lipinski definition) is 3. The van der Waals surface area contributed by atoms with Crippen LogP contribution in [-0.2, 0) is 30.5 Å². The Morgan fingerprint density at radius 1 is 0.887 bits per heavy atom. The smallest absolute Gasteiger partial charge is 0.320 e. The summed E-state index contributed by atoms with van der Waals surface area (Å²) < 4.78 is 13.4. The molecule has 2 aliphatic rings. The van der Waals surface area contributed by atoms with Gasteiger partial charge in [-0.25, -0.2) is 14.2 Å². The minimum absolute atomic E-state index is 0.0660. The van der Waals surface area contributed by atoms with Gasteiger partial charge < -0.3 is 25.5 Å². The van der Waals surface area contributed by atoms with Crippen molar-refractivity contribution in [1.82, 2.24) is 14.8 Å². The van der Waals surface area contributed by atoms with E-state index >= 15 is 0 Å². The molecule has 9 heteroatoms. The van der Waals surface area contributed by atoms with Crippen LogP contribution in [0.4, 0.5) is 20.7 Å². The molecule has 3 N–H and O–H groups in total. The van der Waals surface area contributed by atoms with Crippen LogP contribution in [0.2, 0.25) is 0 Å². The van der Waals surface area contributed by atoms with Crippen molar-refractivity contribution in [3.05, 3.63) is 101 Å². The second kappa shape index (κ2) is 30.1. The van der Waals surface area contributed by atoms with Crippen LogP contribution in [-0.4, -0.2) is 64.6 Å². The van der Waals surface area contributed by atoms with Gasteiger partial charge in [-0.05, 0) is 85.9 Å². The number of urea groups is 1. The van der Waals surface area contributed by atoms with Crippen LogP contribution >= 0.6 is 0 Å². The van der Waals surface area contributed by atoms with E-state index in [1.54, 1.807) is 11.0 Å². The van der Waals surface area contributed by atoms with Gasteiger partial charge in [0.1, 0.15) is 11.6 Å². The van der Waals surface area contributed by atoms with Crippen LogP contribution < -0.4 is 10.6 Å². The molecule has 5 rings (SSSR count). The van der Waals surface area contributed by atoms with Gasteiger partial charge in [0.25, 0.3) is 0 Å². The number of benzene rings is 2. The monoisotopic (exact) mass is 736 g/mol. The summed E-state index contributed by atoms with van der Waals surface area (Å²) in [6, 6.07) is 19.0. The maximum Gasteiger partial charge on any atom is 0.320 e. The van der Waals surface area contributed by atoms with Crippen molar-refractivity contribution in [2.75, 3.05) is 43.4 Å². The minimum Gasteiger partial charge on any atom is -0.513 e. The topological polar surface area (TPSA) is 97.8 Å². The molecule has 0 spiro atoms. The first-order valence-electron chi connectivity index (χ1n) is 19.9. The predicted molar refractivity (Wildman–Crippen MR) is 223 cm³/mol. The fourth-order valence-corrected chi connectivity index (χ4v) is 5.41. The number of pyridine rings is 1. The summed E-state index contributed by atoms with van der Waals surface area (Å²) in [5, 5.41) is 15.3. The zero-order chi connectivity index (χ0) is 40.0. The molecule has 0 atom stereocenters. The number of carbonyl (C=O) groups excluding carboxylic acids is 2. The van der Waals surface area contributed by atoms with Gasteiger partial charge in [0, 0.05) is 57.4 Å². The molecule has 2 aromatic carbocycles. The molecule has 1 saturated heterocycles. The van der Waals surface area contributed by atoms with Crippen molar-refractivity contribution in [2.24, 2.45) is 0 Å². The standard InChI is InChI=1S/C18H26N4O2.C17H18FNO.C3H8.3C2H6/c1-14(23)8-11-22-13-12-21(18(22)24)10-3-5-16-7-6-15-4-2-9-19-17(15)20-16;1-13(20)19-16-11-9-14(10-12-16)5-4-7-15-6-2-3-8-17(15)18;1-3-2;3*1-2/h6-7,23H,1-5,8-13H2,(H,19,20);2-3,6,8-12H,4-5,7H2,1H3,(H,19,20);3H2,1-2H3;3*1-2H3. The maximum absolute atomic E-state index is 13.4. The number of amides is 3. The number of aromatic nitrogens is 1. The highest BCUT2D eigenvalue weighted by Crippen LogP contribution is 2.20. The number of anilines is 2. The average molecular weight is 736 g/mol. The summed E-state index contributed by atoms with van der Waals surface area (Å²) in [6.07, 6.45) is 8.31. The summed E-state index contributed by atoms with van der Waals surface area (Å²) in [5.41, 5.74) is 5.15. The van der Waals surface area contributed by atoms with Crippen LogP contribution in [0.3, 0.4) is 0 Å². The number of aryl methyl sites for hydroxylation is 4. The van der Waals surface area contributed by atoms with Crippen molar-refractivity contribution in [2.45, 2.75) is 120 Å². The summed E-state index contributed by atoms with van der Waals surface area (Å²) in [4.78, 5) is 31.5. The lowest BCUT2D eigenvalue weighted by atomic mass is 10.0. The van der Waals surface area contributed by atoms with Gasteiger partial charge in [-0.1, -0.05) is 105 Å². The Morgan fingerprint density at radius 2 is 1.51 bits per heavy atom. The molecule has 0 bridgehead atoms. The van der Waals surface area contributed by atoms with E-state index in [-0.39, 0.29) is 23.5 Å². The van der Waals surface area contributed by atoms with Crippen LogP contribution in [0, 0.1) is 5.82 Å². The number of nitrogens with zero attached hydrogens (tertiary/aromatic N) is 3. The third-order valence-corrected chi connectivity index (χ3v) is 7.81. The summed E-state index contributed by atoms with van der Waals surface area (Å²) >= 11 is 0. The van der Waals surface area contributed by atoms with E-state index in [4.69, 9.17) is 10.1 Å². The highest BCUT2D eigenvalue weighted by Gasteiger charge is 2.27. The largest absolute Gasteiger partial charge is 0.513 e. The van der Waals surface area contributed by atoms with Crippen LogP contribution in [0.5, 0.6) is 0 Å². The molecule has 1 aromatic heterocycles. The lowest BCUT2D eigenvalue weighted by Gasteiger charge is -2.19. The molecule has 3 amide bonds. The molecule has 1 fully saturated rings. The van der Waals surface area contributed by atoms with Gasteiger partial charge in [-0.15, -0.1) is 0 Å². The number of hydrogen-bond acceptors (Lipinski definition) is 5. The van der Waals surface area contributed by atoms with Crippen molar-refractivity contribution in [1.29, 1.82) is 0 Å². The molecule has 3 aromatic rings. The lowest BCUT2D eigenvalue weighted by molar-refractivity contribution is -0.114. The van der Waals surface area contributed by atoms with E-state index in [1.807, 2.05) is 82.8 Å². The summed E-state index contributed by atoms with van der Waals surface area (Å²) in [7, 11) is 0. The number of aliphatic hydroxyl groups is 1. The average Bonchev–Trinajstić information content (AvgIpc) is 3.53. The lowest BCUT2D eigenvalue weighted by Crippen LogP contribution is -2.33. The fourth-order valence-electron chi connectivity index (χ4n) is 5.41. The van der Waals surface area contributed by atoms with Crippen LogP contribution in [0.25, 0.3) is 0 Å². The molecule has 0 aliphatic carbocycles. The first-order valence-corrected chi connectivity index (χ1v) is 19.9. The highest BCUT2D eigenvalue weighted by molar-refractivity contribution is 5.88. The summed E-state index contributed by atoms with van der Waals surface area (Å²) in [5.74, 6) is 0.963. The van der Waals surface area contributed by atoms with Crippen molar-refractivity contribution >= 4 is 23.4 Å². The predicted octanol–water partition coefficient (Wildman–Crippen LogP) is 11.0. The molecule has 3 heterocycles. The number of carbonyl (C=O) groups is 2. The maximum atomic E-state index is 13.4. The zero-order valence-electron chi connectivity index (χ0n) is 34.4. The van der Waals surface area contributed by atoms with Crippen molar-refractivity contribution < 1.29 is 19.1 Å². The van der Waals surface area contributed by atoms with E-state index in [2.05, 4.69) is 43.2 Å². The Kier molecular flexibility index (Phi) is 27.6. The van der Waals surface area contributed by atoms with Crippen molar-refractivity contribution in [3.63, 3.8) is 0 Å². The Morgan fingerprint density at radius 3 is 2.11 bits per heavy atom. The molecule has 2 aliphatic heterocycles. The first-order chi connectivity index (χ1) is 25.7. The Balaban J connectivity index is 0.000000849. The third-order valence-electron chi connectivity index (χ3n) is 7.81. The minimum atomic E-state index is -0.131. The van der Waals surface area contributed by atoms with Gasteiger partial charge in [0.05, 0.1) is 5.76 Å². The highest BCUT2D eigenvalue weighted by atomic mass is 19.1. The van der Waals surface area contributed by atoms with E-state index < -0.39 is 0 Å². The van der Waals surface area contributed by atoms with Gasteiger partial charge in [0.15, 0.2) is 0 Å². The second-order valence-electron chi connectivity index (χ2n) is 12.0. The summed E-state index contributed by atoms with van der Waals surface area (Å²) in [6.45, 7) is 25.0. The molecular weight excluding hydrogens is 666 g/mol. The number of nitrogens with one attached hydrogen (secondary N) is 2.